The van der Waals surface area contributed by atoms with E-state index in [2.05, 4.69) is 21.2 Å². The van der Waals surface area contributed by atoms with Crippen LogP contribution in [0, 0.1) is 0 Å². The molecule has 0 aliphatic carbocycles. The molecular formula is C16H13BrClF3N2O3S. The number of rotatable bonds is 5. The van der Waals surface area contributed by atoms with Crippen molar-refractivity contribution < 1.29 is 26.4 Å². The molecule has 0 radical (unpaired) electrons. The number of carbonyl (C=O) groups excluding carboxylic acids is 1. The Bertz CT molecular complexity index is 950. The Labute approximate surface area is 167 Å². The first kappa shape index (κ1) is 21.7. The molecule has 0 heterocycles. The second-order valence-corrected chi connectivity index (χ2v) is 8.85. The predicted molar refractivity (Wildman–Crippen MR) is 99.0 cm³/mol. The Kier molecular flexibility index (Phi) is 6.56. The summed E-state index contributed by atoms with van der Waals surface area (Å²) in [4.78, 5) is 12.0. The molecule has 27 heavy (non-hydrogen) atoms. The van der Waals surface area contributed by atoms with Crippen molar-refractivity contribution in [1.82, 2.24) is 4.31 Å². The maximum atomic E-state index is 13.1. The maximum Gasteiger partial charge on any atom is 0.418 e. The number of benzene rings is 2. The number of alkyl halides is 3. The van der Waals surface area contributed by atoms with Gasteiger partial charge in [-0.2, -0.15) is 17.5 Å². The monoisotopic (exact) mass is 484 g/mol. The summed E-state index contributed by atoms with van der Waals surface area (Å²) in [7, 11) is -2.82. The van der Waals surface area contributed by atoms with Crippen molar-refractivity contribution in [1.29, 1.82) is 0 Å². The van der Waals surface area contributed by atoms with Gasteiger partial charge in [0.05, 0.1) is 22.7 Å². The number of likely N-dealkylation sites (N-methyl/N-ethyl adjacent to an activating group) is 1. The van der Waals surface area contributed by atoms with E-state index in [1.54, 1.807) is 0 Å². The molecule has 1 N–H and O–H groups in total. The minimum atomic E-state index is -4.73. The van der Waals surface area contributed by atoms with Crippen LogP contribution in [-0.4, -0.2) is 32.2 Å². The summed E-state index contributed by atoms with van der Waals surface area (Å²) in [5.41, 5.74) is -1.63. The number of amides is 1. The van der Waals surface area contributed by atoms with Gasteiger partial charge in [0, 0.05) is 16.5 Å². The van der Waals surface area contributed by atoms with Crippen LogP contribution in [0.4, 0.5) is 18.9 Å². The highest BCUT2D eigenvalue weighted by molar-refractivity contribution is 9.10. The lowest BCUT2D eigenvalue weighted by atomic mass is 10.1. The number of hydrogen-bond donors (Lipinski definition) is 1. The van der Waals surface area contributed by atoms with E-state index >= 15 is 0 Å². The molecule has 0 unspecified atom stereocenters. The van der Waals surface area contributed by atoms with Crippen molar-refractivity contribution in [3.05, 3.63) is 57.5 Å². The molecule has 0 saturated heterocycles. The van der Waals surface area contributed by atoms with Gasteiger partial charge in [-0.05, 0) is 42.5 Å². The molecule has 0 spiro atoms. The summed E-state index contributed by atoms with van der Waals surface area (Å²) < 4.78 is 65.5. The first-order valence-corrected chi connectivity index (χ1v) is 9.91. The number of anilines is 1. The minimum absolute atomic E-state index is 0.0523. The van der Waals surface area contributed by atoms with Gasteiger partial charge in [0.15, 0.2) is 0 Å². The van der Waals surface area contributed by atoms with Crippen molar-refractivity contribution >= 4 is 49.1 Å². The SMILES string of the molecule is CN(CC(=O)Nc1ccc(Cl)cc1C(F)(F)F)S(=O)(=O)c1ccc(Br)cc1. The smallest absolute Gasteiger partial charge is 0.324 e. The highest BCUT2D eigenvalue weighted by Gasteiger charge is 2.34. The average molecular weight is 486 g/mol. The third kappa shape index (κ3) is 5.44. The number of carbonyl (C=O) groups is 1. The summed E-state index contributed by atoms with van der Waals surface area (Å²) in [6.07, 6.45) is -4.73. The van der Waals surface area contributed by atoms with Crippen molar-refractivity contribution in [3.63, 3.8) is 0 Å². The molecule has 2 aromatic carbocycles. The molecule has 0 fully saturated rings. The number of sulfonamides is 1. The van der Waals surface area contributed by atoms with E-state index in [1.165, 1.54) is 30.3 Å². The predicted octanol–water partition coefficient (Wildman–Crippen LogP) is 4.38. The number of halogens is 5. The third-order valence-electron chi connectivity index (χ3n) is 3.45. The van der Waals surface area contributed by atoms with Crippen LogP contribution in [0.2, 0.25) is 5.02 Å². The summed E-state index contributed by atoms with van der Waals surface area (Å²) in [5.74, 6) is -0.925. The van der Waals surface area contributed by atoms with Gasteiger partial charge in [-0.25, -0.2) is 8.42 Å². The Hall–Kier alpha value is -1.62. The van der Waals surface area contributed by atoms with E-state index in [-0.39, 0.29) is 9.92 Å². The molecule has 0 saturated carbocycles. The summed E-state index contributed by atoms with van der Waals surface area (Å²) >= 11 is 8.76. The van der Waals surface area contributed by atoms with Crippen molar-refractivity contribution in [2.24, 2.45) is 0 Å². The topological polar surface area (TPSA) is 66.5 Å². The van der Waals surface area contributed by atoms with Crippen LogP contribution < -0.4 is 5.32 Å². The second-order valence-electron chi connectivity index (χ2n) is 5.45. The maximum absolute atomic E-state index is 13.1. The zero-order chi connectivity index (χ0) is 20.4. The summed E-state index contributed by atoms with van der Waals surface area (Å²) in [6, 6.07) is 8.60. The molecule has 5 nitrogen and oxygen atoms in total. The van der Waals surface area contributed by atoms with E-state index in [9.17, 15) is 26.4 Å². The molecular weight excluding hydrogens is 473 g/mol. The lowest BCUT2D eigenvalue weighted by Gasteiger charge is -2.18. The average Bonchev–Trinajstić information content (AvgIpc) is 2.55. The standard InChI is InChI=1S/C16H13BrClF3N2O3S/c1-23(27(25,26)12-5-2-10(17)3-6-12)9-15(24)22-14-7-4-11(18)8-13(14)16(19,20)21/h2-8H,9H2,1H3,(H,22,24). The first-order chi connectivity index (χ1) is 12.4. The zero-order valence-electron chi connectivity index (χ0n) is 13.7. The van der Waals surface area contributed by atoms with Gasteiger partial charge in [-0.1, -0.05) is 27.5 Å². The molecule has 11 heteroatoms. The molecule has 2 aromatic rings. The summed E-state index contributed by atoms with van der Waals surface area (Å²) in [5, 5.41) is 1.93. The molecule has 146 valence electrons. The first-order valence-electron chi connectivity index (χ1n) is 7.30. The molecule has 0 aliphatic rings. The molecule has 0 aromatic heterocycles. The van der Waals surface area contributed by atoms with Crippen LogP contribution in [0.3, 0.4) is 0 Å². The molecule has 2 rings (SSSR count). The van der Waals surface area contributed by atoms with Crippen LogP contribution in [-0.2, 0) is 21.0 Å². The Balaban J connectivity index is 2.17. The lowest BCUT2D eigenvalue weighted by molar-refractivity contribution is -0.137. The van der Waals surface area contributed by atoms with Gasteiger partial charge in [-0.15, -0.1) is 0 Å². The normalized spacial score (nSPS) is 12.3. The second kappa shape index (κ2) is 8.17. The van der Waals surface area contributed by atoms with E-state index in [1.807, 2.05) is 0 Å². The van der Waals surface area contributed by atoms with Crippen LogP contribution in [0.15, 0.2) is 51.8 Å². The Morgan fingerprint density at radius 2 is 1.78 bits per heavy atom. The zero-order valence-corrected chi connectivity index (χ0v) is 16.9. The van der Waals surface area contributed by atoms with E-state index in [0.29, 0.717) is 10.5 Å². The fourth-order valence-corrected chi connectivity index (χ4v) is 3.69. The van der Waals surface area contributed by atoms with Gasteiger partial charge in [0.25, 0.3) is 0 Å². The van der Waals surface area contributed by atoms with Gasteiger partial charge in [-0.3, -0.25) is 4.79 Å². The quantitative estimate of drug-likeness (QED) is 0.683. The molecule has 1 amide bonds. The van der Waals surface area contributed by atoms with Crippen LogP contribution in [0.5, 0.6) is 0 Å². The van der Waals surface area contributed by atoms with Crippen LogP contribution in [0.25, 0.3) is 0 Å². The largest absolute Gasteiger partial charge is 0.418 e. The number of hydrogen-bond acceptors (Lipinski definition) is 3. The number of nitrogens with one attached hydrogen (secondary N) is 1. The van der Waals surface area contributed by atoms with Gasteiger partial charge >= 0.3 is 6.18 Å². The fraction of sp³-hybridized carbons (Fsp3) is 0.188. The van der Waals surface area contributed by atoms with E-state index in [0.717, 1.165) is 17.4 Å². The molecule has 0 aliphatic heterocycles. The Morgan fingerprint density at radius 1 is 1.19 bits per heavy atom. The molecule has 0 bridgehead atoms. The highest BCUT2D eigenvalue weighted by Crippen LogP contribution is 2.36. The fourth-order valence-electron chi connectivity index (χ4n) is 2.12. The van der Waals surface area contributed by atoms with Crippen molar-refractivity contribution in [2.45, 2.75) is 11.1 Å². The van der Waals surface area contributed by atoms with Crippen LogP contribution in [0.1, 0.15) is 5.56 Å². The minimum Gasteiger partial charge on any atom is -0.324 e. The Morgan fingerprint density at radius 3 is 2.33 bits per heavy atom. The van der Waals surface area contributed by atoms with E-state index < -0.39 is 39.9 Å². The molecule has 0 atom stereocenters. The van der Waals surface area contributed by atoms with Crippen LogP contribution >= 0.6 is 27.5 Å². The van der Waals surface area contributed by atoms with Gasteiger partial charge in [0.2, 0.25) is 15.9 Å². The van der Waals surface area contributed by atoms with Crippen molar-refractivity contribution in [2.75, 3.05) is 18.9 Å². The van der Waals surface area contributed by atoms with E-state index in [4.69, 9.17) is 11.6 Å². The highest BCUT2D eigenvalue weighted by atomic mass is 79.9. The van der Waals surface area contributed by atoms with Gasteiger partial charge in [0.1, 0.15) is 0 Å². The van der Waals surface area contributed by atoms with Gasteiger partial charge < -0.3 is 5.32 Å². The van der Waals surface area contributed by atoms with Crippen molar-refractivity contribution in [3.8, 4) is 0 Å². The number of nitrogens with zero attached hydrogens (tertiary/aromatic N) is 1. The summed E-state index contributed by atoms with van der Waals surface area (Å²) in [6.45, 7) is -0.668. The third-order valence-corrected chi connectivity index (χ3v) is 6.03. The lowest BCUT2D eigenvalue weighted by Crippen LogP contribution is -2.35.